The van der Waals surface area contributed by atoms with Crippen LogP contribution in [0.15, 0.2) is 73.3 Å². The first-order valence-corrected chi connectivity index (χ1v) is 13.1. The van der Waals surface area contributed by atoms with Crippen LogP contribution < -0.4 is 10.4 Å². The van der Waals surface area contributed by atoms with Crippen molar-refractivity contribution < 1.29 is 8.85 Å². The minimum Gasteiger partial charge on any atom is -0.388 e. The fourth-order valence-electron chi connectivity index (χ4n) is 3.58. The lowest BCUT2D eigenvalue weighted by Crippen LogP contribution is -2.63. The Balaban J connectivity index is 2.09. The topological polar surface area (TPSA) is 18.5 Å². The van der Waals surface area contributed by atoms with Crippen LogP contribution >= 0.6 is 0 Å². The molecule has 0 aliphatic rings. The summed E-state index contributed by atoms with van der Waals surface area (Å²) < 4.78 is 13.3. The zero-order valence-electron chi connectivity index (χ0n) is 18.2. The second-order valence-electron chi connectivity index (χ2n) is 7.60. The number of rotatable bonds is 16. The zero-order chi connectivity index (χ0) is 20.6. The van der Waals surface area contributed by atoms with Crippen molar-refractivity contribution in [2.75, 3.05) is 13.2 Å². The molecular formula is C26H38O2Si. The number of benzene rings is 2. The van der Waals surface area contributed by atoms with Crippen molar-refractivity contribution >= 4 is 18.9 Å². The van der Waals surface area contributed by atoms with Crippen LogP contribution in [-0.2, 0) is 8.85 Å². The Kier molecular flexibility index (Phi) is 11.7. The van der Waals surface area contributed by atoms with Crippen molar-refractivity contribution in [3.05, 3.63) is 73.3 Å². The van der Waals surface area contributed by atoms with Crippen molar-refractivity contribution in [1.82, 2.24) is 0 Å². The molecule has 0 radical (unpaired) electrons. The van der Waals surface area contributed by atoms with Crippen LogP contribution in [-0.4, -0.2) is 21.8 Å². The molecule has 0 atom stereocenters. The zero-order valence-corrected chi connectivity index (χ0v) is 19.2. The molecule has 2 aromatic rings. The maximum atomic E-state index is 6.70. The summed E-state index contributed by atoms with van der Waals surface area (Å²) in [6.07, 6.45) is 12.9. The molecule has 0 fully saturated rings. The second kappa shape index (κ2) is 14.3. The third-order valence-electron chi connectivity index (χ3n) is 5.22. The smallest absolute Gasteiger partial charge is 0.388 e. The van der Waals surface area contributed by atoms with E-state index in [9.17, 15) is 0 Å². The van der Waals surface area contributed by atoms with Crippen LogP contribution in [0.2, 0.25) is 0 Å². The van der Waals surface area contributed by atoms with E-state index in [1.54, 1.807) is 0 Å². The van der Waals surface area contributed by atoms with E-state index in [4.69, 9.17) is 8.85 Å². The van der Waals surface area contributed by atoms with Crippen molar-refractivity contribution in [2.24, 2.45) is 0 Å². The highest BCUT2D eigenvalue weighted by molar-refractivity contribution is 6.92. The predicted octanol–water partition coefficient (Wildman–Crippen LogP) is 5.99. The van der Waals surface area contributed by atoms with Gasteiger partial charge in [0.2, 0.25) is 0 Å². The summed E-state index contributed by atoms with van der Waals surface area (Å²) in [7, 11) is -2.71. The Hall–Kier alpha value is -1.68. The summed E-state index contributed by atoms with van der Waals surface area (Å²) in [5.74, 6) is 0. The maximum Gasteiger partial charge on any atom is 0.407 e. The Morgan fingerprint density at radius 1 is 0.690 bits per heavy atom. The number of allylic oxidation sites excluding steroid dienone is 1. The monoisotopic (exact) mass is 410 g/mol. The van der Waals surface area contributed by atoms with E-state index in [-0.39, 0.29) is 0 Å². The summed E-state index contributed by atoms with van der Waals surface area (Å²) in [6.45, 7) is 7.55. The highest BCUT2D eigenvalue weighted by Crippen LogP contribution is 2.14. The molecule has 2 aromatic carbocycles. The molecular weight excluding hydrogens is 372 g/mol. The molecule has 0 aromatic heterocycles. The van der Waals surface area contributed by atoms with Gasteiger partial charge in [-0.05, 0) is 29.6 Å². The first kappa shape index (κ1) is 23.6. The maximum absolute atomic E-state index is 6.70. The largest absolute Gasteiger partial charge is 0.407 e. The Morgan fingerprint density at radius 2 is 1.17 bits per heavy atom. The van der Waals surface area contributed by atoms with Gasteiger partial charge in [-0.15, -0.1) is 6.58 Å². The van der Waals surface area contributed by atoms with Crippen LogP contribution in [0.1, 0.15) is 64.7 Å². The average molecular weight is 411 g/mol. The number of hydrogen-bond donors (Lipinski definition) is 0. The molecule has 0 saturated carbocycles. The molecule has 0 N–H and O–H groups in total. The molecule has 0 aliphatic heterocycles. The fourth-order valence-corrected chi connectivity index (χ4v) is 6.78. The molecule has 0 aliphatic carbocycles. The van der Waals surface area contributed by atoms with Crippen molar-refractivity contribution in [2.45, 2.75) is 64.7 Å². The molecule has 0 unspecified atom stereocenters. The van der Waals surface area contributed by atoms with Crippen LogP contribution in [0.5, 0.6) is 0 Å². The highest BCUT2D eigenvalue weighted by atomic mass is 28.4. The third-order valence-corrected chi connectivity index (χ3v) is 8.63. The van der Waals surface area contributed by atoms with Gasteiger partial charge in [-0.3, -0.25) is 0 Å². The standard InChI is InChI=1S/C26H38O2Si/c1-3-5-7-8-9-10-18-24-28-29(27-23-17-6-4-2,25-19-13-11-14-20-25)26-21-15-12-16-22-26/h4,11-16,19-22H,2-3,5-10,17-18,23-24H2,1H3. The Labute approximate surface area is 179 Å². The normalized spacial score (nSPS) is 11.5. The van der Waals surface area contributed by atoms with E-state index in [1.165, 1.54) is 48.9 Å². The quantitative estimate of drug-likeness (QED) is 0.192. The summed E-state index contributed by atoms with van der Waals surface area (Å²) in [6, 6.07) is 21.1. The van der Waals surface area contributed by atoms with Crippen molar-refractivity contribution in [3.63, 3.8) is 0 Å². The number of unbranched alkanes of at least 4 members (excludes halogenated alkanes) is 7. The van der Waals surface area contributed by atoms with Crippen molar-refractivity contribution in [3.8, 4) is 0 Å². The molecule has 2 rings (SSSR count). The van der Waals surface area contributed by atoms with E-state index >= 15 is 0 Å². The predicted molar refractivity (Wildman–Crippen MR) is 127 cm³/mol. The van der Waals surface area contributed by atoms with E-state index in [1.807, 2.05) is 6.08 Å². The van der Waals surface area contributed by atoms with Gasteiger partial charge in [0.1, 0.15) is 0 Å². The summed E-state index contributed by atoms with van der Waals surface area (Å²) in [5.41, 5.74) is 0. The van der Waals surface area contributed by atoms with Gasteiger partial charge < -0.3 is 8.85 Å². The van der Waals surface area contributed by atoms with Crippen LogP contribution in [0.4, 0.5) is 0 Å². The summed E-state index contributed by atoms with van der Waals surface area (Å²) in [4.78, 5) is 0. The van der Waals surface area contributed by atoms with Gasteiger partial charge in [-0.2, -0.15) is 0 Å². The van der Waals surface area contributed by atoms with Crippen LogP contribution in [0.3, 0.4) is 0 Å². The Bertz CT molecular complexity index is 617. The van der Waals surface area contributed by atoms with E-state index in [0.29, 0.717) is 6.61 Å². The fraction of sp³-hybridized carbons (Fsp3) is 0.462. The van der Waals surface area contributed by atoms with Gasteiger partial charge in [0.15, 0.2) is 0 Å². The summed E-state index contributed by atoms with van der Waals surface area (Å²) >= 11 is 0. The molecule has 2 nitrogen and oxygen atoms in total. The van der Waals surface area contributed by atoms with Crippen LogP contribution in [0, 0.1) is 0 Å². The first-order valence-electron chi connectivity index (χ1n) is 11.3. The lowest BCUT2D eigenvalue weighted by atomic mass is 10.1. The van der Waals surface area contributed by atoms with Gasteiger partial charge in [-0.25, -0.2) is 0 Å². The van der Waals surface area contributed by atoms with Crippen LogP contribution in [0.25, 0.3) is 0 Å². The van der Waals surface area contributed by atoms with Gasteiger partial charge >= 0.3 is 8.56 Å². The van der Waals surface area contributed by atoms with E-state index < -0.39 is 8.56 Å². The highest BCUT2D eigenvalue weighted by Gasteiger charge is 2.42. The van der Waals surface area contributed by atoms with Gasteiger partial charge in [-0.1, -0.05) is 112 Å². The molecule has 0 saturated heterocycles. The minimum absolute atomic E-state index is 0.694. The lowest BCUT2D eigenvalue weighted by molar-refractivity contribution is 0.186. The van der Waals surface area contributed by atoms with Gasteiger partial charge in [0, 0.05) is 13.2 Å². The minimum atomic E-state index is -2.71. The molecule has 0 spiro atoms. The van der Waals surface area contributed by atoms with Gasteiger partial charge in [0.25, 0.3) is 0 Å². The second-order valence-corrected chi connectivity index (χ2v) is 10.6. The number of hydrogen-bond acceptors (Lipinski definition) is 2. The van der Waals surface area contributed by atoms with Gasteiger partial charge in [0.05, 0.1) is 0 Å². The molecule has 29 heavy (non-hydrogen) atoms. The summed E-state index contributed by atoms with van der Waals surface area (Å²) in [5, 5.41) is 2.38. The molecule has 0 bridgehead atoms. The van der Waals surface area contributed by atoms with Crippen molar-refractivity contribution in [1.29, 1.82) is 0 Å². The molecule has 0 heterocycles. The lowest BCUT2D eigenvalue weighted by Gasteiger charge is -2.31. The average Bonchev–Trinajstić information content (AvgIpc) is 2.78. The molecule has 158 valence electrons. The molecule has 3 heteroatoms. The Morgan fingerprint density at radius 3 is 1.69 bits per heavy atom. The SMILES string of the molecule is C=CCCCO[Si](OCCCCCCCCC)(c1ccccc1)c1ccccc1. The van der Waals surface area contributed by atoms with E-state index in [2.05, 4.69) is 74.2 Å². The van der Waals surface area contributed by atoms with E-state index in [0.717, 1.165) is 25.9 Å². The molecule has 0 amide bonds. The third kappa shape index (κ3) is 7.92. The first-order chi connectivity index (χ1) is 14.3.